The van der Waals surface area contributed by atoms with Crippen LogP contribution in [0.25, 0.3) is 0 Å². The molecule has 0 saturated heterocycles. The fourth-order valence-corrected chi connectivity index (χ4v) is 2.56. The third-order valence-corrected chi connectivity index (χ3v) is 3.58. The molecule has 0 radical (unpaired) electrons. The summed E-state index contributed by atoms with van der Waals surface area (Å²) in [7, 11) is 0. The topological polar surface area (TPSA) is 0 Å². The van der Waals surface area contributed by atoms with Gasteiger partial charge in [-0.15, -0.1) is 11.6 Å². The van der Waals surface area contributed by atoms with Gasteiger partial charge in [-0.3, -0.25) is 0 Å². The van der Waals surface area contributed by atoms with Gasteiger partial charge < -0.3 is 0 Å². The Morgan fingerprint density at radius 3 is 2.71 bits per heavy atom. The molecule has 2 atom stereocenters. The van der Waals surface area contributed by atoms with Crippen molar-refractivity contribution >= 4 is 11.6 Å². The quantitative estimate of drug-likeness (QED) is 0.617. The van der Waals surface area contributed by atoms with Crippen molar-refractivity contribution in [2.75, 3.05) is 0 Å². The van der Waals surface area contributed by atoms with Gasteiger partial charge in [0.2, 0.25) is 0 Å². The highest BCUT2D eigenvalue weighted by Gasteiger charge is 2.26. The van der Waals surface area contributed by atoms with E-state index in [4.69, 9.17) is 11.6 Å². The highest BCUT2D eigenvalue weighted by Crippen LogP contribution is 2.38. The van der Waals surface area contributed by atoms with Crippen LogP contribution in [0, 0.1) is 12.7 Å². The SMILES string of the molecule is Cc1ccc(C2CCCC2Cl)cc1F. The van der Waals surface area contributed by atoms with Gasteiger partial charge in [-0.2, -0.15) is 0 Å². The van der Waals surface area contributed by atoms with E-state index in [1.165, 1.54) is 0 Å². The van der Waals surface area contributed by atoms with Crippen molar-refractivity contribution in [3.63, 3.8) is 0 Å². The zero-order valence-electron chi connectivity index (χ0n) is 8.26. The average Bonchev–Trinajstić information content (AvgIpc) is 2.57. The molecular formula is C12H14ClF. The molecule has 14 heavy (non-hydrogen) atoms. The number of benzene rings is 1. The van der Waals surface area contributed by atoms with Gasteiger partial charge in [-0.05, 0) is 37.0 Å². The van der Waals surface area contributed by atoms with Crippen LogP contribution in [-0.2, 0) is 0 Å². The molecule has 0 aliphatic heterocycles. The Morgan fingerprint density at radius 2 is 2.14 bits per heavy atom. The molecule has 0 aromatic heterocycles. The van der Waals surface area contributed by atoms with Crippen LogP contribution in [0.15, 0.2) is 18.2 Å². The summed E-state index contributed by atoms with van der Waals surface area (Å²) in [6.07, 6.45) is 3.31. The molecule has 0 N–H and O–H groups in total. The second kappa shape index (κ2) is 3.90. The Bertz CT molecular complexity index is 335. The van der Waals surface area contributed by atoms with Crippen molar-refractivity contribution < 1.29 is 4.39 Å². The lowest BCUT2D eigenvalue weighted by molar-refractivity contribution is 0.610. The summed E-state index contributed by atoms with van der Waals surface area (Å²) < 4.78 is 13.3. The fraction of sp³-hybridized carbons (Fsp3) is 0.500. The predicted molar refractivity (Wildman–Crippen MR) is 57.4 cm³/mol. The molecular weight excluding hydrogens is 199 g/mol. The van der Waals surface area contributed by atoms with Gasteiger partial charge in [0.1, 0.15) is 5.82 Å². The van der Waals surface area contributed by atoms with Crippen molar-refractivity contribution in [3.05, 3.63) is 35.1 Å². The van der Waals surface area contributed by atoms with Gasteiger partial charge in [0, 0.05) is 11.3 Å². The van der Waals surface area contributed by atoms with Gasteiger partial charge in [-0.1, -0.05) is 18.6 Å². The first-order valence-corrected chi connectivity index (χ1v) is 5.52. The summed E-state index contributed by atoms with van der Waals surface area (Å²) in [5.74, 6) is 0.241. The first-order valence-electron chi connectivity index (χ1n) is 5.08. The van der Waals surface area contributed by atoms with Gasteiger partial charge in [0.15, 0.2) is 0 Å². The standard InChI is InChI=1S/C12H14ClF/c1-8-5-6-9(7-12(8)14)10-3-2-4-11(10)13/h5-7,10-11H,2-4H2,1H3. The highest BCUT2D eigenvalue weighted by molar-refractivity contribution is 6.21. The molecule has 1 aliphatic carbocycles. The molecule has 1 aromatic rings. The normalized spacial score (nSPS) is 26.8. The number of aryl methyl sites for hydroxylation is 1. The van der Waals surface area contributed by atoms with Crippen molar-refractivity contribution in [2.45, 2.75) is 37.5 Å². The maximum absolute atomic E-state index is 13.3. The third kappa shape index (κ3) is 1.78. The number of halogens is 2. The zero-order valence-corrected chi connectivity index (χ0v) is 9.02. The Morgan fingerprint density at radius 1 is 1.36 bits per heavy atom. The first kappa shape index (κ1) is 9.97. The molecule has 1 saturated carbocycles. The molecule has 2 unspecified atom stereocenters. The molecule has 76 valence electrons. The Kier molecular flexibility index (Phi) is 2.78. The number of hydrogen-bond donors (Lipinski definition) is 0. The van der Waals surface area contributed by atoms with Gasteiger partial charge in [-0.25, -0.2) is 4.39 Å². The number of rotatable bonds is 1. The number of alkyl halides is 1. The lowest BCUT2D eigenvalue weighted by atomic mass is 9.96. The molecule has 0 spiro atoms. The molecule has 0 bridgehead atoms. The molecule has 0 heterocycles. The lowest BCUT2D eigenvalue weighted by Crippen LogP contribution is -2.05. The Hall–Kier alpha value is -0.560. The van der Waals surface area contributed by atoms with Crippen molar-refractivity contribution in [3.8, 4) is 0 Å². The fourth-order valence-electron chi connectivity index (χ4n) is 2.13. The van der Waals surface area contributed by atoms with Crippen LogP contribution in [0.2, 0.25) is 0 Å². The highest BCUT2D eigenvalue weighted by atomic mass is 35.5. The van der Waals surface area contributed by atoms with E-state index in [0.29, 0.717) is 11.5 Å². The summed E-state index contributed by atoms with van der Waals surface area (Å²) >= 11 is 6.18. The van der Waals surface area contributed by atoms with Crippen LogP contribution in [0.5, 0.6) is 0 Å². The third-order valence-electron chi connectivity index (χ3n) is 3.06. The second-order valence-corrected chi connectivity index (χ2v) is 4.62. The van der Waals surface area contributed by atoms with E-state index in [0.717, 1.165) is 24.8 Å². The summed E-state index contributed by atoms with van der Waals surface area (Å²) in [6.45, 7) is 1.78. The van der Waals surface area contributed by atoms with E-state index < -0.39 is 0 Å². The van der Waals surface area contributed by atoms with Crippen LogP contribution in [0.4, 0.5) is 4.39 Å². The van der Waals surface area contributed by atoms with E-state index in [2.05, 4.69) is 0 Å². The molecule has 1 aliphatic rings. The van der Waals surface area contributed by atoms with Gasteiger partial charge in [0.05, 0.1) is 0 Å². The Labute approximate surface area is 89.1 Å². The summed E-state index contributed by atoms with van der Waals surface area (Å²) in [4.78, 5) is 0. The van der Waals surface area contributed by atoms with Gasteiger partial charge in [0.25, 0.3) is 0 Å². The Balaban J connectivity index is 2.28. The van der Waals surface area contributed by atoms with E-state index in [1.807, 2.05) is 12.1 Å². The first-order chi connectivity index (χ1) is 6.68. The predicted octanol–water partition coefficient (Wildman–Crippen LogP) is 4.01. The second-order valence-electron chi connectivity index (χ2n) is 4.06. The van der Waals surface area contributed by atoms with Crippen LogP contribution in [-0.4, -0.2) is 5.38 Å². The van der Waals surface area contributed by atoms with Crippen LogP contribution in [0.3, 0.4) is 0 Å². The van der Waals surface area contributed by atoms with Crippen molar-refractivity contribution in [1.82, 2.24) is 0 Å². The van der Waals surface area contributed by atoms with Gasteiger partial charge >= 0.3 is 0 Å². The minimum atomic E-state index is -0.113. The number of hydrogen-bond acceptors (Lipinski definition) is 0. The largest absolute Gasteiger partial charge is 0.207 e. The summed E-state index contributed by atoms with van der Waals surface area (Å²) in [5, 5.41) is 0.192. The lowest BCUT2D eigenvalue weighted by Gasteiger charge is -2.14. The zero-order chi connectivity index (χ0) is 10.1. The van der Waals surface area contributed by atoms with Crippen LogP contribution in [0.1, 0.15) is 36.3 Å². The minimum absolute atomic E-state index is 0.113. The molecule has 1 aromatic carbocycles. The minimum Gasteiger partial charge on any atom is -0.207 e. The van der Waals surface area contributed by atoms with Crippen LogP contribution < -0.4 is 0 Å². The summed E-state index contributed by atoms with van der Waals surface area (Å²) in [6, 6.07) is 5.48. The monoisotopic (exact) mass is 212 g/mol. The van der Waals surface area contributed by atoms with E-state index in [9.17, 15) is 4.39 Å². The maximum Gasteiger partial charge on any atom is 0.126 e. The summed E-state index contributed by atoms with van der Waals surface area (Å²) in [5.41, 5.74) is 1.77. The molecule has 2 heteroatoms. The van der Waals surface area contributed by atoms with E-state index in [1.54, 1.807) is 13.0 Å². The van der Waals surface area contributed by atoms with Crippen LogP contribution >= 0.6 is 11.6 Å². The molecule has 1 fully saturated rings. The molecule has 2 rings (SSSR count). The van der Waals surface area contributed by atoms with Crippen molar-refractivity contribution in [2.24, 2.45) is 0 Å². The maximum atomic E-state index is 13.3. The smallest absolute Gasteiger partial charge is 0.126 e. The van der Waals surface area contributed by atoms with E-state index in [-0.39, 0.29) is 11.2 Å². The molecule has 0 amide bonds. The molecule has 0 nitrogen and oxygen atoms in total. The average molecular weight is 213 g/mol. The van der Waals surface area contributed by atoms with E-state index >= 15 is 0 Å². The van der Waals surface area contributed by atoms with Crippen molar-refractivity contribution in [1.29, 1.82) is 0 Å².